The molecule has 0 aliphatic heterocycles. The summed E-state index contributed by atoms with van der Waals surface area (Å²) in [4.78, 5) is 13.7. The molecular weight excluding hydrogens is 342 g/mol. The van der Waals surface area contributed by atoms with E-state index in [-0.39, 0.29) is 24.0 Å². The molecule has 8 heteroatoms. The lowest BCUT2D eigenvalue weighted by Crippen LogP contribution is -2.26. The van der Waals surface area contributed by atoms with Gasteiger partial charge in [-0.05, 0) is 42.0 Å². The van der Waals surface area contributed by atoms with Crippen LogP contribution in [0.3, 0.4) is 0 Å². The maximum atomic E-state index is 12.3. The lowest BCUT2D eigenvalue weighted by atomic mass is 10.1. The van der Waals surface area contributed by atoms with E-state index in [1.54, 1.807) is 19.2 Å². The van der Waals surface area contributed by atoms with Crippen LogP contribution in [0.4, 0.5) is 17.6 Å². The van der Waals surface area contributed by atoms with Crippen LogP contribution in [-0.2, 0) is 6.54 Å². The number of carbonyl (C=O) groups excluding carboxylic acids is 1. The van der Waals surface area contributed by atoms with Gasteiger partial charge in [-0.3, -0.25) is 4.79 Å². The number of ether oxygens (including phenoxy) is 2. The molecule has 1 amide bonds. The second-order valence-corrected chi connectivity index (χ2v) is 5.09. The predicted molar refractivity (Wildman–Crippen MR) is 81.9 cm³/mol. The van der Waals surface area contributed by atoms with Crippen molar-refractivity contribution in [3.8, 4) is 11.5 Å². The Balaban J connectivity index is 1.97. The van der Waals surface area contributed by atoms with Crippen molar-refractivity contribution < 1.29 is 31.8 Å². The highest BCUT2D eigenvalue weighted by molar-refractivity contribution is 5.94. The third-order valence-electron chi connectivity index (χ3n) is 3.24. The first-order valence-electron chi connectivity index (χ1n) is 7.19. The molecule has 0 aromatic heterocycles. The lowest BCUT2D eigenvalue weighted by molar-refractivity contribution is -0.0505. The molecule has 0 unspecified atom stereocenters. The highest BCUT2D eigenvalue weighted by Gasteiger charge is 2.13. The van der Waals surface area contributed by atoms with Crippen LogP contribution in [-0.4, -0.2) is 31.1 Å². The molecule has 0 atom stereocenters. The van der Waals surface area contributed by atoms with E-state index in [0.717, 1.165) is 5.56 Å². The van der Waals surface area contributed by atoms with Gasteiger partial charge in [-0.15, -0.1) is 0 Å². The van der Waals surface area contributed by atoms with Crippen molar-refractivity contribution in [3.05, 3.63) is 59.7 Å². The van der Waals surface area contributed by atoms with Crippen molar-refractivity contribution in [3.63, 3.8) is 0 Å². The fourth-order valence-electron chi connectivity index (χ4n) is 2.12. The number of hydrogen-bond acceptors (Lipinski definition) is 3. The monoisotopic (exact) mass is 357 g/mol. The van der Waals surface area contributed by atoms with Crippen molar-refractivity contribution in [2.45, 2.75) is 19.8 Å². The molecule has 0 heterocycles. The molecule has 0 fully saturated rings. The van der Waals surface area contributed by atoms with Crippen LogP contribution in [0.25, 0.3) is 0 Å². The summed E-state index contributed by atoms with van der Waals surface area (Å²) in [5, 5.41) is 0. The molecule has 0 bridgehead atoms. The van der Waals surface area contributed by atoms with Gasteiger partial charge in [0, 0.05) is 19.2 Å². The molecule has 2 aromatic rings. The Morgan fingerprint density at radius 1 is 0.880 bits per heavy atom. The van der Waals surface area contributed by atoms with E-state index >= 15 is 0 Å². The highest BCUT2D eigenvalue weighted by Crippen LogP contribution is 2.18. The molecule has 0 spiro atoms. The summed E-state index contributed by atoms with van der Waals surface area (Å²) in [6, 6.07) is 11.2. The van der Waals surface area contributed by atoms with Gasteiger partial charge in [0.15, 0.2) is 0 Å². The number of nitrogens with zero attached hydrogens (tertiary/aromatic N) is 1. The predicted octanol–water partition coefficient (Wildman–Crippen LogP) is 4.16. The molecule has 25 heavy (non-hydrogen) atoms. The van der Waals surface area contributed by atoms with E-state index in [1.165, 1.54) is 41.3 Å². The Morgan fingerprint density at radius 3 is 1.76 bits per heavy atom. The van der Waals surface area contributed by atoms with Crippen LogP contribution in [0.1, 0.15) is 15.9 Å². The minimum atomic E-state index is -2.93. The topological polar surface area (TPSA) is 38.8 Å². The third kappa shape index (κ3) is 5.66. The second-order valence-electron chi connectivity index (χ2n) is 5.09. The molecule has 134 valence electrons. The SMILES string of the molecule is CN(Cc1ccc(OC(F)F)cc1)C(=O)c1ccc(OC(F)F)cc1. The van der Waals surface area contributed by atoms with Crippen LogP contribution < -0.4 is 9.47 Å². The molecule has 0 N–H and O–H groups in total. The maximum Gasteiger partial charge on any atom is 0.387 e. The molecule has 0 aliphatic carbocycles. The molecular formula is C17H15F4NO3. The number of benzene rings is 2. The van der Waals surface area contributed by atoms with E-state index in [9.17, 15) is 22.4 Å². The standard InChI is InChI=1S/C17H15F4NO3/c1-22(10-11-2-6-13(7-3-11)24-16(18)19)15(23)12-4-8-14(9-5-12)25-17(20)21/h2-9,16-17H,10H2,1H3. The number of carbonyl (C=O) groups is 1. The minimum Gasteiger partial charge on any atom is -0.435 e. The molecule has 2 rings (SSSR count). The van der Waals surface area contributed by atoms with Crippen LogP contribution in [0.5, 0.6) is 11.5 Å². The fraction of sp³-hybridized carbons (Fsp3) is 0.235. The lowest BCUT2D eigenvalue weighted by Gasteiger charge is -2.18. The number of amides is 1. The first-order chi connectivity index (χ1) is 11.8. The average molecular weight is 357 g/mol. The van der Waals surface area contributed by atoms with E-state index in [4.69, 9.17) is 0 Å². The summed E-state index contributed by atoms with van der Waals surface area (Å²) in [7, 11) is 1.56. The first-order valence-corrected chi connectivity index (χ1v) is 7.19. The van der Waals surface area contributed by atoms with Crippen molar-refractivity contribution in [1.82, 2.24) is 4.90 Å². The van der Waals surface area contributed by atoms with E-state index in [2.05, 4.69) is 9.47 Å². The molecule has 0 saturated carbocycles. The molecule has 0 aliphatic rings. The van der Waals surface area contributed by atoms with Crippen molar-refractivity contribution in [2.24, 2.45) is 0 Å². The zero-order chi connectivity index (χ0) is 18.4. The maximum absolute atomic E-state index is 12.3. The van der Waals surface area contributed by atoms with E-state index in [1.807, 2.05) is 0 Å². The summed E-state index contributed by atoms with van der Waals surface area (Å²) in [5.41, 5.74) is 1.02. The van der Waals surface area contributed by atoms with Gasteiger partial charge in [-0.25, -0.2) is 0 Å². The molecule has 0 saturated heterocycles. The van der Waals surface area contributed by atoms with Crippen LogP contribution in [0, 0.1) is 0 Å². The number of halogens is 4. The van der Waals surface area contributed by atoms with Gasteiger partial charge in [0.25, 0.3) is 5.91 Å². The van der Waals surface area contributed by atoms with Crippen LogP contribution in [0.15, 0.2) is 48.5 Å². The Hall–Kier alpha value is -2.77. The van der Waals surface area contributed by atoms with Crippen LogP contribution >= 0.6 is 0 Å². The Kier molecular flexibility index (Phi) is 6.21. The summed E-state index contributed by atoms with van der Waals surface area (Å²) in [6.45, 7) is -5.59. The van der Waals surface area contributed by atoms with Gasteiger partial charge in [0.1, 0.15) is 11.5 Å². The second kappa shape index (κ2) is 8.36. The summed E-state index contributed by atoms with van der Waals surface area (Å²) >= 11 is 0. The number of hydrogen-bond donors (Lipinski definition) is 0. The van der Waals surface area contributed by atoms with Gasteiger partial charge in [-0.1, -0.05) is 12.1 Å². The zero-order valence-electron chi connectivity index (χ0n) is 13.2. The average Bonchev–Trinajstić information content (AvgIpc) is 2.55. The third-order valence-corrected chi connectivity index (χ3v) is 3.24. The largest absolute Gasteiger partial charge is 0.435 e. The van der Waals surface area contributed by atoms with Gasteiger partial charge in [0.2, 0.25) is 0 Å². The fourth-order valence-corrected chi connectivity index (χ4v) is 2.12. The molecule has 0 radical (unpaired) electrons. The summed E-state index contributed by atoms with van der Waals surface area (Å²) in [5.74, 6) is -0.331. The normalized spacial score (nSPS) is 10.8. The smallest absolute Gasteiger partial charge is 0.387 e. The highest BCUT2D eigenvalue weighted by atomic mass is 19.3. The Labute approximate surface area is 141 Å². The van der Waals surface area contributed by atoms with E-state index < -0.39 is 13.2 Å². The van der Waals surface area contributed by atoms with Crippen molar-refractivity contribution >= 4 is 5.91 Å². The quantitative estimate of drug-likeness (QED) is 0.699. The Bertz CT molecular complexity index is 690. The van der Waals surface area contributed by atoms with Gasteiger partial charge in [-0.2, -0.15) is 17.6 Å². The zero-order valence-corrected chi connectivity index (χ0v) is 13.2. The van der Waals surface area contributed by atoms with E-state index in [0.29, 0.717) is 5.56 Å². The molecule has 4 nitrogen and oxygen atoms in total. The van der Waals surface area contributed by atoms with Gasteiger partial charge < -0.3 is 14.4 Å². The minimum absolute atomic E-state index is 0.0300. The van der Waals surface area contributed by atoms with Crippen LogP contribution in [0.2, 0.25) is 0 Å². The number of alkyl halides is 4. The Morgan fingerprint density at radius 2 is 1.32 bits per heavy atom. The first kappa shape index (κ1) is 18.6. The summed E-state index contributed by atoms with van der Waals surface area (Å²) in [6.07, 6.45) is 0. The summed E-state index contributed by atoms with van der Waals surface area (Å²) < 4.78 is 56.9. The van der Waals surface area contributed by atoms with Crippen molar-refractivity contribution in [2.75, 3.05) is 7.05 Å². The molecule has 2 aromatic carbocycles. The van der Waals surface area contributed by atoms with Gasteiger partial charge >= 0.3 is 13.2 Å². The number of rotatable bonds is 7. The van der Waals surface area contributed by atoms with Gasteiger partial charge in [0.05, 0.1) is 0 Å². The van der Waals surface area contributed by atoms with Crippen molar-refractivity contribution in [1.29, 1.82) is 0 Å².